The van der Waals surface area contributed by atoms with E-state index in [9.17, 15) is 4.79 Å². The lowest BCUT2D eigenvalue weighted by atomic mass is 10.4. The number of aliphatic hydroxyl groups excluding tert-OH is 1. The van der Waals surface area contributed by atoms with Gasteiger partial charge in [-0.3, -0.25) is 4.57 Å². The Morgan fingerprint density at radius 2 is 2.70 bits per heavy atom. The number of aromatic amines is 1. The van der Waals surface area contributed by atoms with E-state index in [1.54, 1.807) is 6.92 Å². The van der Waals surface area contributed by atoms with Crippen LogP contribution in [-0.4, -0.2) is 26.5 Å². The lowest BCUT2D eigenvalue weighted by Crippen LogP contribution is -2.21. The van der Waals surface area contributed by atoms with Gasteiger partial charge in [0.1, 0.15) is 6.33 Å². The molecular weight excluding hydrogens is 134 g/mol. The third-order valence-electron chi connectivity index (χ3n) is 1.32. The lowest BCUT2D eigenvalue weighted by molar-refractivity contribution is 0.236. The molecule has 1 atom stereocenters. The Kier molecular flexibility index (Phi) is 1.86. The summed E-state index contributed by atoms with van der Waals surface area (Å²) < 4.78 is 1.33. The number of hydrogen-bond acceptors (Lipinski definition) is 3. The number of rotatable bonds is 2. The molecule has 0 radical (unpaired) electrons. The van der Waals surface area contributed by atoms with Crippen molar-refractivity contribution in [3.8, 4) is 0 Å². The summed E-state index contributed by atoms with van der Waals surface area (Å²) in [5.74, 6) is 0. The molecule has 0 aliphatic carbocycles. The summed E-state index contributed by atoms with van der Waals surface area (Å²) >= 11 is 0. The fourth-order valence-electron chi connectivity index (χ4n) is 0.658. The normalized spacial score (nSPS) is 13.4. The fourth-order valence-corrected chi connectivity index (χ4v) is 0.658. The topological polar surface area (TPSA) is 70.9 Å². The van der Waals surface area contributed by atoms with Crippen LogP contribution in [-0.2, 0) is 0 Å². The number of nitrogens with zero attached hydrogens (tertiary/aromatic N) is 2. The molecular formula is C5H9N3O2. The van der Waals surface area contributed by atoms with Crippen LogP contribution in [0.3, 0.4) is 0 Å². The van der Waals surface area contributed by atoms with Gasteiger partial charge in [-0.25, -0.2) is 9.89 Å². The minimum atomic E-state index is -0.290. The second kappa shape index (κ2) is 2.66. The zero-order valence-electron chi connectivity index (χ0n) is 5.61. The van der Waals surface area contributed by atoms with Gasteiger partial charge in [-0.2, -0.15) is 5.10 Å². The molecule has 0 aliphatic rings. The van der Waals surface area contributed by atoms with E-state index in [-0.39, 0.29) is 18.3 Å². The van der Waals surface area contributed by atoms with Gasteiger partial charge >= 0.3 is 5.69 Å². The molecule has 1 aromatic heterocycles. The Morgan fingerprint density at radius 1 is 2.00 bits per heavy atom. The van der Waals surface area contributed by atoms with E-state index < -0.39 is 0 Å². The third-order valence-corrected chi connectivity index (χ3v) is 1.32. The van der Waals surface area contributed by atoms with E-state index in [0.717, 1.165) is 0 Å². The maximum absolute atomic E-state index is 10.8. The number of hydrogen-bond donors (Lipinski definition) is 2. The van der Waals surface area contributed by atoms with Crippen LogP contribution in [0.1, 0.15) is 13.0 Å². The molecule has 0 saturated carbocycles. The molecule has 1 aromatic rings. The second-order valence-corrected chi connectivity index (χ2v) is 2.10. The van der Waals surface area contributed by atoms with Crippen molar-refractivity contribution in [2.45, 2.75) is 13.0 Å². The quantitative estimate of drug-likeness (QED) is 0.565. The van der Waals surface area contributed by atoms with E-state index in [4.69, 9.17) is 5.11 Å². The molecule has 0 spiro atoms. The molecule has 0 aliphatic heterocycles. The summed E-state index contributed by atoms with van der Waals surface area (Å²) in [5, 5.41) is 14.4. The molecule has 5 heteroatoms. The first-order valence-electron chi connectivity index (χ1n) is 2.98. The summed E-state index contributed by atoms with van der Waals surface area (Å²) in [4.78, 5) is 10.8. The van der Waals surface area contributed by atoms with Gasteiger partial charge in [-0.05, 0) is 6.92 Å². The molecule has 0 aromatic carbocycles. The largest absolute Gasteiger partial charge is 0.394 e. The second-order valence-electron chi connectivity index (χ2n) is 2.10. The zero-order chi connectivity index (χ0) is 7.56. The summed E-state index contributed by atoms with van der Waals surface area (Å²) in [6.45, 7) is 1.68. The first-order valence-corrected chi connectivity index (χ1v) is 2.98. The Morgan fingerprint density at radius 3 is 3.10 bits per heavy atom. The highest BCUT2D eigenvalue weighted by Crippen LogP contribution is 1.95. The van der Waals surface area contributed by atoms with Gasteiger partial charge in [0, 0.05) is 0 Å². The van der Waals surface area contributed by atoms with Gasteiger partial charge in [0.15, 0.2) is 0 Å². The van der Waals surface area contributed by atoms with Gasteiger partial charge in [0.05, 0.1) is 12.6 Å². The maximum atomic E-state index is 10.8. The van der Waals surface area contributed by atoms with Gasteiger partial charge in [0.25, 0.3) is 0 Å². The molecule has 10 heavy (non-hydrogen) atoms. The van der Waals surface area contributed by atoms with Crippen LogP contribution in [0, 0.1) is 0 Å². The zero-order valence-corrected chi connectivity index (χ0v) is 5.61. The maximum Gasteiger partial charge on any atom is 0.343 e. The van der Waals surface area contributed by atoms with Crippen molar-refractivity contribution >= 4 is 0 Å². The van der Waals surface area contributed by atoms with Crippen molar-refractivity contribution in [1.29, 1.82) is 0 Å². The average molecular weight is 143 g/mol. The van der Waals surface area contributed by atoms with Crippen LogP contribution >= 0.6 is 0 Å². The molecule has 0 bridgehead atoms. The standard InChI is InChI=1S/C5H9N3O2/c1-4(2-9)8-3-6-7-5(8)10/h3-4,9H,2H2,1H3,(H,7,10)/t4-/m0/s1. The summed E-state index contributed by atoms with van der Waals surface area (Å²) in [7, 11) is 0. The van der Waals surface area contributed by atoms with Crippen molar-refractivity contribution in [3.63, 3.8) is 0 Å². The molecule has 0 amide bonds. The molecule has 5 nitrogen and oxygen atoms in total. The highest BCUT2D eigenvalue weighted by molar-refractivity contribution is 4.69. The predicted molar refractivity (Wildman–Crippen MR) is 34.6 cm³/mol. The number of aliphatic hydroxyl groups is 1. The first kappa shape index (κ1) is 7.01. The Bertz CT molecular complexity index is 251. The molecule has 56 valence electrons. The van der Waals surface area contributed by atoms with E-state index in [2.05, 4.69) is 10.2 Å². The monoisotopic (exact) mass is 143 g/mol. The fraction of sp³-hybridized carbons (Fsp3) is 0.600. The average Bonchev–Trinajstić information content (AvgIpc) is 2.34. The third kappa shape index (κ3) is 1.08. The van der Waals surface area contributed by atoms with Crippen LogP contribution in [0.15, 0.2) is 11.1 Å². The summed E-state index contributed by atoms with van der Waals surface area (Å²) in [6.07, 6.45) is 1.36. The van der Waals surface area contributed by atoms with Crippen LogP contribution in [0.2, 0.25) is 0 Å². The van der Waals surface area contributed by atoms with Crippen LogP contribution in [0.25, 0.3) is 0 Å². The minimum Gasteiger partial charge on any atom is -0.394 e. The Labute approximate surface area is 57.3 Å². The van der Waals surface area contributed by atoms with Crippen LogP contribution in [0.5, 0.6) is 0 Å². The summed E-state index contributed by atoms with van der Waals surface area (Å²) in [5.41, 5.74) is -0.290. The molecule has 0 unspecified atom stereocenters. The van der Waals surface area contributed by atoms with E-state index >= 15 is 0 Å². The first-order chi connectivity index (χ1) is 4.75. The lowest BCUT2D eigenvalue weighted by Gasteiger charge is -2.04. The number of aromatic nitrogens is 3. The minimum absolute atomic E-state index is 0.0561. The van der Waals surface area contributed by atoms with Crippen molar-refractivity contribution in [2.24, 2.45) is 0 Å². The number of nitrogens with one attached hydrogen (secondary N) is 1. The Balaban J connectivity index is 2.93. The SMILES string of the molecule is C[C@@H](CO)n1cn[nH]c1=O. The van der Waals surface area contributed by atoms with Gasteiger partial charge in [-0.15, -0.1) is 0 Å². The highest BCUT2D eigenvalue weighted by atomic mass is 16.3. The van der Waals surface area contributed by atoms with Gasteiger partial charge in [0.2, 0.25) is 0 Å². The molecule has 1 heterocycles. The van der Waals surface area contributed by atoms with Crippen molar-refractivity contribution in [1.82, 2.24) is 14.8 Å². The summed E-state index contributed by atoms with van der Waals surface area (Å²) in [6, 6.07) is -0.203. The smallest absolute Gasteiger partial charge is 0.343 e. The van der Waals surface area contributed by atoms with Crippen molar-refractivity contribution < 1.29 is 5.11 Å². The molecule has 0 fully saturated rings. The van der Waals surface area contributed by atoms with Gasteiger partial charge < -0.3 is 5.11 Å². The van der Waals surface area contributed by atoms with Crippen molar-refractivity contribution in [2.75, 3.05) is 6.61 Å². The molecule has 0 saturated heterocycles. The van der Waals surface area contributed by atoms with Gasteiger partial charge in [-0.1, -0.05) is 0 Å². The van der Waals surface area contributed by atoms with Crippen LogP contribution in [0.4, 0.5) is 0 Å². The van der Waals surface area contributed by atoms with E-state index in [1.807, 2.05) is 0 Å². The Hall–Kier alpha value is -1.10. The predicted octanol–water partition coefficient (Wildman–Crippen LogP) is -0.875. The molecule has 2 N–H and O–H groups in total. The highest BCUT2D eigenvalue weighted by Gasteiger charge is 2.04. The van der Waals surface area contributed by atoms with Crippen LogP contribution < -0.4 is 5.69 Å². The molecule has 1 rings (SSSR count). The number of H-pyrrole nitrogens is 1. The van der Waals surface area contributed by atoms with E-state index in [1.165, 1.54) is 10.9 Å². The van der Waals surface area contributed by atoms with E-state index in [0.29, 0.717) is 0 Å². The van der Waals surface area contributed by atoms with Crippen molar-refractivity contribution in [3.05, 3.63) is 16.8 Å².